The molecule has 1 aromatic rings. The van der Waals surface area contributed by atoms with Gasteiger partial charge >= 0.3 is 0 Å². The third kappa shape index (κ3) is 4.38. The minimum atomic E-state index is 0.181. The number of amides is 1. The lowest BCUT2D eigenvalue weighted by Crippen LogP contribution is -2.38. The molecule has 24 heavy (non-hydrogen) atoms. The maximum atomic E-state index is 12.7. The summed E-state index contributed by atoms with van der Waals surface area (Å²) in [4.78, 5) is 17.2. The van der Waals surface area contributed by atoms with Crippen molar-refractivity contribution < 1.29 is 4.79 Å². The monoisotopic (exact) mass is 328 g/mol. The van der Waals surface area contributed by atoms with E-state index in [4.69, 9.17) is 0 Å². The number of carbonyl (C=O) groups is 1. The van der Waals surface area contributed by atoms with Crippen LogP contribution in [0.1, 0.15) is 67.8 Å². The predicted octanol–water partition coefficient (Wildman–Crippen LogP) is 4.32. The van der Waals surface area contributed by atoms with E-state index < -0.39 is 0 Å². The molecule has 0 radical (unpaired) electrons. The van der Waals surface area contributed by atoms with E-state index in [2.05, 4.69) is 24.0 Å². The minimum absolute atomic E-state index is 0.181. The summed E-state index contributed by atoms with van der Waals surface area (Å²) < 4.78 is 0. The standard InChI is InChI=1S/C21H32N2O/c1-17-7-6-14-23(15-17)16-18-10-12-19(13-11-18)21(24)22(2)20-8-4-3-5-9-20/h10-13,17,20H,3-9,14-16H2,1-2H3/t17-/m0/s1. The van der Waals surface area contributed by atoms with Crippen LogP contribution in [0.3, 0.4) is 0 Å². The largest absolute Gasteiger partial charge is 0.339 e. The molecule has 2 fully saturated rings. The summed E-state index contributed by atoms with van der Waals surface area (Å²) >= 11 is 0. The Kier molecular flexibility index (Phi) is 5.94. The average molecular weight is 329 g/mol. The molecule has 1 aliphatic heterocycles. The summed E-state index contributed by atoms with van der Waals surface area (Å²) in [6.07, 6.45) is 8.83. The molecule has 1 heterocycles. The zero-order valence-electron chi connectivity index (χ0n) is 15.3. The highest BCUT2D eigenvalue weighted by Crippen LogP contribution is 2.23. The van der Waals surface area contributed by atoms with Gasteiger partial charge in [0.25, 0.3) is 5.91 Å². The molecule has 132 valence electrons. The van der Waals surface area contributed by atoms with E-state index in [9.17, 15) is 4.79 Å². The van der Waals surface area contributed by atoms with Crippen LogP contribution in [-0.2, 0) is 6.54 Å². The van der Waals surface area contributed by atoms with Crippen molar-refractivity contribution in [1.82, 2.24) is 9.80 Å². The molecule has 3 rings (SSSR count). The molecule has 2 aliphatic rings. The average Bonchev–Trinajstić information content (AvgIpc) is 2.62. The van der Waals surface area contributed by atoms with E-state index >= 15 is 0 Å². The lowest BCUT2D eigenvalue weighted by atomic mass is 9.94. The van der Waals surface area contributed by atoms with Crippen LogP contribution < -0.4 is 0 Å². The van der Waals surface area contributed by atoms with Crippen LogP contribution in [0.25, 0.3) is 0 Å². The molecule has 0 bridgehead atoms. The molecule has 0 N–H and O–H groups in total. The Labute approximate surface area is 147 Å². The normalized spacial score (nSPS) is 23.2. The van der Waals surface area contributed by atoms with Gasteiger partial charge in [-0.15, -0.1) is 0 Å². The van der Waals surface area contributed by atoms with Gasteiger partial charge < -0.3 is 4.90 Å². The van der Waals surface area contributed by atoms with E-state index in [1.807, 2.05) is 24.1 Å². The molecule has 1 saturated heterocycles. The van der Waals surface area contributed by atoms with Crippen LogP contribution in [0.5, 0.6) is 0 Å². The van der Waals surface area contributed by atoms with Crippen molar-refractivity contribution in [3.05, 3.63) is 35.4 Å². The fraction of sp³-hybridized carbons (Fsp3) is 0.667. The van der Waals surface area contributed by atoms with Gasteiger partial charge in [-0.05, 0) is 55.8 Å². The fourth-order valence-corrected chi connectivity index (χ4v) is 4.28. The van der Waals surface area contributed by atoms with Crippen molar-refractivity contribution in [3.8, 4) is 0 Å². The van der Waals surface area contributed by atoms with E-state index in [0.29, 0.717) is 6.04 Å². The number of nitrogens with zero attached hydrogens (tertiary/aromatic N) is 2. The number of hydrogen-bond donors (Lipinski definition) is 0. The first-order chi connectivity index (χ1) is 11.6. The van der Waals surface area contributed by atoms with Gasteiger partial charge in [0.05, 0.1) is 0 Å². The molecule has 0 aromatic heterocycles. The molecule has 1 atom stereocenters. The van der Waals surface area contributed by atoms with Crippen molar-refractivity contribution in [1.29, 1.82) is 0 Å². The summed E-state index contributed by atoms with van der Waals surface area (Å²) in [5, 5.41) is 0. The molecule has 1 aliphatic carbocycles. The van der Waals surface area contributed by atoms with Gasteiger partial charge in [-0.1, -0.05) is 38.3 Å². The second-order valence-electron chi connectivity index (χ2n) is 7.89. The molecule has 1 saturated carbocycles. The number of benzene rings is 1. The van der Waals surface area contributed by atoms with E-state index in [0.717, 1.165) is 30.9 Å². The van der Waals surface area contributed by atoms with Gasteiger partial charge in [-0.2, -0.15) is 0 Å². The summed E-state index contributed by atoms with van der Waals surface area (Å²) in [7, 11) is 1.97. The van der Waals surface area contributed by atoms with Crippen LogP contribution in [0.2, 0.25) is 0 Å². The Morgan fingerprint density at radius 3 is 2.46 bits per heavy atom. The Hall–Kier alpha value is -1.35. The number of carbonyl (C=O) groups excluding carboxylic acids is 1. The van der Waals surface area contributed by atoms with Crippen LogP contribution in [0.4, 0.5) is 0 Å². The molecule has 0 spiro atoms. The molecular formula is C21H32N2O. The number of likely N-dealkylation sites (tertiary alicyclic amines) is 1. The van der Waals surface area contributed by atoms with Crippen LogP contribution in [-0.4, -0.2) is 41.9 Å². The number of rotatable bonds is 4. The predicted molar refractivity (Wildman–Crippen MR) is 99.1 cm³/mol. The van der Waals surface area contributed by atoms with Crippen LogP contribution in [0, 0.1) is 5.92 Å². The second kappa shape index (κ2) is 8.15. The van der Waals surface area contributed by atoms with E-state index in [-0.39, 0.29) is 5.91 Å². The topological polar surface area (TPSA) is 23.6 Å². The quantitative estimate of drug-likeness (QED) is 0.821. The van der Waals surface area contributed by atoms with Crippen molar-refractivity contribution in [2.45, 2.75) is 64.5 Å². The zero-order chi connectivity index (χ0) is 16.9. The van der Waals surface area contributed by atoms with Gasteiger partial charge in [0, 0.05) is 31.7 Å². The molecule has 3 heteroatoms. The van der Waals surface area contributed by atoms with Gasteiger partial charge in [-0.3, -0.25) is 9.69 Å². The fourth-order valence-electron chi connectivity index (χ4n) is 4.28. The Bertz CT molecular complexity index is 533. The lowest BCUT2D eigenvalue weighted by Gasteiger charge is -2.31. The van der Waals surface area contributed by atoms with Gasteiger partial charge in [0.2, 0.25) is 0 Å². The van der Waals surface area contributed by atoms with Gasteiger partial charge in [0.15, 0.2) is 0 Å². The summed E-state index contributed by atoms with van der Waals surface area (Å²) in [5.74, 6) is 0.990. The minimum Gasteiger partial charge on any atom is -0.339 e. The highest BCUT2D eigenvalue weighted by molar-refractivity contribution is 5.94. The Balaban J connectivity index is 1.58. The molecular weight excluding hydrogens is 296 g/mol. The van der Waals surface area contributed by atoms with Crippen LogP contribution in [0.15, 0.2) is 24.3 Å². The Morgan fingerprint density at radius 1 is 1.08 bits per heavy atom. The SMILES string of the molecule is C[C@H]1CCCN(Cc2ccc(C(=O)N(C)C3CCCCC3)cc2)C1. The summed E-state index contributed by atoms with van der Waals surface area (Å²) in [6, 6.07) is 8.75. The van der Waals surface area contributed by atoms with Gasteiger partial charge in [0.1, 0.15) is 0 Å². The second-order valence-corrected chi connectivity index (χ2v) is 7.89. The third-order valence-corrected chi connectivity index (χ3v) is 5.79. The Morgan fingerprint density at radius 2 is 1.79 bits per heavy atom. The molecule has 1 aromatic carbocycles. The van der Waals surface area contributed by atoms with E-state index in [1.165, 1.54) is 50.8 Å². The smallest absolute Gasteiger partial charge is 0.253 e. The van der Waals surface area contributed by atoms with Crippen molar-refractivity contribution >= 4 is 5.91 Å². The van der Waals surface area contributed by atoms with E-state index in [1.54, 1.807) is 0 Å². The van der Waals surface area contributed by atoms with Crippen molar-refractivity contribution in [2.24, 2.45) is 5.92 Å². The third-order valence-electron chi connectivity index (χ3n) is 5.79. The number of piperidine rings is 1. The molecule has 1 amide bonds. The first-order valence-electron chi connectivity index (χ1n) is 9.72. The van der Waals surface area contributed by atoms with Gasteiger partial charge in [-0.25, -0.2) is 0 Å². The first-order valence-corrected chi connectivity index (χ1v) is 9.72. The van der Waals surface area contributed by atoms with Crippen molar-refractivity contribution in [3.63, 3.8) is 0 Å². The highest BCUT2D eigenvalue weighted by Gasteiger charge is 2.23. The lowest BCUT2D eigenvalue weighted by molar-refractivity contribution is 0.0696. The maximum absolute atomic E-state index is 12.7. The highest BCUT2D eigenvalue weighted by atomic mass is 16.2. The molecule has 0 unspecified atom stereocenters. The molecule has 3 nitrogen and oxygen atoms in total. The zero-order valence-corrected chi connectivity index (χ0v) is 15.3. The maximum Gasteiger partial charge on any atom is 0.253 e. The van der Waals surface area contributed by atoms with Crippen molar-refractivity contribution in [2.75, 3.05) is 20.1 Å². The summed E-state index contributed by atoms with van der Waals surface area (Å²) in [5.41, 5.74) is 2.15. The van der Waals surface area contributed by atoms with Crippen LogP contribution >= 0.6 is 0 Å². The number of hydrogen-bond acceptors (Lipinski definition) is 2. The summed E-state index contributed by atoms with van der Waals surface area (Å²) in [6.45, 7) is 5.76. The first kappa shape index (κ1) is 17.5.